The standard InChI is InChI=1S/C28H25N5O5S2/c1-18-13-20-14-24-25(38-12-11-37-24)15-23(20)33-27(18)31-32-28(33)39-17-26(34)30-21-7-9-22(10-8-21)40(35,36)29-16-19-5-3-2-4-6-19/h2-10,13-15H,11-12,16-17H2,1H3,(H2,29,35,36). The minimum Gasteiger partial charge on any atom is -0.486 e. The van der Waals surface area contributed by atoms with Crippen molar-refractivity contribution in [3.8, 4) is 11.5 Å². The molecule has 3 heterocycles. The lowest BCUT2D eigenvalue weighted by Gasteiger charge is -2.19. The lowest BCUT2D eigenvalue weighted by atomic mass is 10.1. The average Bonchev–Trinajstić information content (AvgIpc) is 3.40. The number of aromatic nitrogens is 3. The summed E-state index contributed by atoms with van der Waals surface area (Å²) in [4.78, 5) is 17.1. The summed E-state index contributed by atoms with van der Waals surface area (Å²) in [6.45, 7) is 3.19. The van der Waals surface area contributed by atoms with Crippen molar-refractivity contribution >= 4 is 54.8 Å². The Labute approximate surface area is 234 Å². The summed E-state index contributed by atoms with van der Waals surface area (Å²) in [5.74, 6) is 1.03. The second-order valence-corrected chi connectivity index (χ2v) is 11.9. The van der Waals surface area contributed by atoms with Gasteiger partial charge in [0.1, 0.15) is 13.2 Å². The number of aryl methyl sites for hydroxylation is 1. The number of rotatable bonds is 6. The average molecular weight is 576 g/mol. The summed E-state index contributed by atoms with van der Waals surface area (Å²) in [5, 5.41) is 10.2. The molecule has 1 amide bonds. The number of nitrogens with one attached hydrogen (secondary N) is 1. The Bertz CT molecular complexity index is 1840. The molecular formula is C28H25N5O5S2. The van der Waals surface area contributed by atoms with Gasteiger partial charge in [0.05, 0.1) is 21.8 Å². The zero-order valence-electron chi connectivity index (χ0n) is 21.4. The van der Waals surface area contributed by atoms with Gasteiger partial charge < -0.3 is 14.0 Å². The zero-order chi connectivity index (χ0) is 27.7. The summed E-state index contributed by atoms with van der Waals surface area (Å²) in [7, 11) is -3.46. The fourth-order valence-electron chi connectivity index (χ4n) is 4.40. The third kappa shape index (κ3) is 5.39. The number of carbonyl (C=O) groups is 1. The number of ether oxygens (including phenoxy) is 2. The van der Waals surface area contributed by atoms with Crippen LogP contribution in [-0.4, -0.2) is 58.8 Å². The van der Waals surface area contributed by atoms with E-state index >= 15 is 0 Å². The number of hydrogen-bond donors (Lipinski definition) is 2. The maximum Gasteiger partial charge on any atom is 0.256 e. The summed E-state index contributed by atoms with van der Waals surface area (Å²) in [5.41, 5.74) is 3.78. The van der Waals surface area contributed by atoms with Crippen molar-refractivity contribution in [3.05, 3.63) is 84.0 Å². The van der Waals surface area contributed by atoms with Crippen LogP contribution in [0.25, 0.3) is 16.6 Å². The summed E-state index contributed by atoms with van der Waals surface area (Å²) in [6, 6.07) is 15.2. The smallest absolute Gasteiger partial charge is 0.256 e. The van der Waals surface area contributed by atoms with Crippen LogP contribution >= 0.6 is 11.8 Å². The van der Waals surface area contributed by atoms with E-state index < -0.39 is 9.99 Å². The molecule has 10 nitrogen and oxygen atoms in total. The van der Waals surface area contributed by atoms with E-state index in [9.17, 15) is 13.6 Å². The number of aliphatic imine (C=N–C) groups is 1. The van der Waals surface area contributed by atoms with E-state index in [1.54, 1.807) is 12.2 Å². The van der Waals surface area contributed by atoms with Crippen LogP contribution in [0.5, 0.6) is 11.5 Å². The Hall–Kier alpha value is -3.97. The molecule has 0 fully saturated rings. The fraction of sp³-hybridized carbons (Fsp3) is 0.179. The Kier molecular flexibility index (Phi) is 7.15. The highest BCUT2D eigenvalue weighted by Gasteiger charge is 2.19. The Morgan fingerprint density at radius 1 is 1.07 bits per heavy atom. The normalized spacial score (nSPS) is 15.9. The molecule has 4 aromatic rings. The van der Waals surface area contributed by atoms with Gasteiger partial charge in [-0.15, -0.1) is 10.2 Å². The first-order chi connectivity index (χ1) is 19.4. The topological polar surface area (TPSA) is 127 Å². The van der Waals surface area contributed by atoms with Crippen LogP contribution in [0.4, 0.5) is 0 Å². The highest BCUT2D eigenvalue weighted by Crippen LogP contribution is 2.36. The number of thioether (sulfide) groups is 1. The molecule has 2 aromatic carbocycles. The van der Waals surface area contributed by atoms with Crippen LogP contribution in [0, 0.1) is 6.92 Å². The molecule has 2 aliphatic rings. The Morgan fingerprint density at radius 2 is 1.80 bits per heavy atom. The lowest BCUT2D eigenvalue weighted by molar-refractivity contribution is -0.115. The molecule has 2 aromatic heterocycles. The molecular weight excluding hydrogens is 550 g/mol. The van der Waals surface area contributed by atoms with E-state index in [1.165, 1.54) is 23.9 Å². The maximum atomic E-state index is 12.7. The zero-order valence-corrected chi connectivity index (χ0v) is 23.1. The number of nitrogens with zero attached hydrogens (tertiary/aromatic N) is 4. The van der Waals surface area contributed by atoms with Crippen molar-refractivity contribution in [1.29, 1.82) is 0 Å². The van der Waals surface area contributed by atoms with Crippen molar-refractivity contribution in [2.45, 2.75) is 18.6 Å². The SMILES string of the molecule is Cc1cc2cc3c(cc2n2c(SCC(=O)N=C4C=CC(=S(=O)(O)NCc5ccccc5)C=C4)nnc12)OCCO3. The van der Waals surface area contributed by atoms with Crippen molar-refractivity contribution in [3.63, 3.8) is 0 Å². The van der Waals surface area contributed by atoms with E-state index in [2.05, 4.69) is 19.9 Å². The van der Waals surface area contributed by atoms with Gasteiger partial charge in [0.2, 0.25) is 0 Å². The van der Waals surface area contributed by atoms with Gasteiger partial charge in [-0.1, -0.05) is 42.1 Å². The third-order valence-corrected chi connectivity index (χ3v) is 8.70. The molecule has 1 aliphatic carbocycles. The van der Waals surface area contributed by atoms with Gasteiger partial charge in [-0.05, 0) is 54.5 Å². The molecule has 0 spiro atoms. The molecule has 0 bridgehead atoms. The monoisotopic (exact) mass is 575 g/mol. The number of hydrogen-bond acceptors (Lipinski definition) is 7. The highest BCUT2D eigenvalue weighted by molar-refractivity contribution is 7.99. The van der Waals surface area contributed by atoms with Crippen LogP contribution < -0.4 is 14.2 Å². The molecule has 0 radical (unpaired) electrons. The summed E-state index contributed by atoms with van der Waals surface area (Å²) < 4.78 is 39.3. The first kappa shape index (κ1) is 26.3. The fourth-order valence-corrected chi connectivity index (χ4v) is 6.17. The van der Waals surface area contributed by atoms with Crippen molar-refractivity contribution < 1.29 is 23.0 Å². The van der Waals surface area contributed by atoms with E-state index in [0.29, 0.717) is 41.2 Å². The van der Waals surface area contributed by atoms with Crippen LogP contribution in [0.15, 0.2) is 83.0 Å². The summed E-state index contributed by atoms with van der Waals surface area (Å²) >= 11 is 1.23. The molecule has 204 valence electrons. The number of pyridine rings is 1. The van der Waals surface area contributed by atoms with Crippen LogP contribution in [0.1, 0.15) is 11.1 Å². The number of fused-ring (bicyclic) bond motifs is 4. The molecule has 1 unspecified atom stereocenters. The largest absolute Gasteiger partial charge is 0.486 e. The molecule has 0 saturated heterocycles. The van der Waals surface area contributed by atoms with Crippen LogP contribution in [0.3, 0.4) is 0 Å². The van der Waals surface area contributed by atoms with Gasteiger partial charge in [0, 0.05) is 18.0 Å². The van der Waals surface area contributed by atoms with E-state index in [1.807, 2.05) is 59.9 Å². The Morgan fingerprint density at radius 3 is 2.55 bits per heavy atom. The minimum atomic E-state index is -3.46. The van der Waals surface area contributed by atoms with Crippen molar-refractivity contribution in [2.75, 3.05) is 19.0 Å². The summed E-state index contributed by atoms with van der Waals surface area (Å²) in [6.07, 6.45) is 6.08. The van der Waals surface area contributed by atoms with Crippen LogP contribution in [0.2, 0.25) is 0 Å². The predicted molar refractivity (Wildman–Crippen MR) is 157 cm³/mol. The van der Waals surface area contributed by atoms with Crippen molar-refractivity contribution in [1.82, 2.24) is 19.3 Å². The van der Waals surface area contributed by atoms with Crippen LogP contribution in [-0.2, 0) is 21.3 Å². The van der Waals surface area contributed by atoms with Crippen molar-refractivity contribution in [2.24, 2.45) is 4.99 Å². The molecule has 12 heteroatoms. The number of benzene rings is 2. The van der Waals surface area contributed by atoms with E-state index in [4.69, 9.17) is 9.47 Å². The lowest BCUT2D eigenvalue weighted by Crippen LogP contribution is -2.28. The third-order valence-electron chi connectivity index (χ3n) is 6.34. The molecule has 1 atom stereocenters. The van der Waals surface area contributed by atoms with Gasteiger partial charge in [-0.25, -0.2) is 13.9 Å². The van der Waals surface area contributed by atoms with Gasteiger partial charge in [-0.2, -0.15) is 0 Å². The first-order valence-corrected chi connectivity index (χ1v) is 15.0. The van der Waals surface area contributed by atoms with Gasteiger partial charge >= 0.3 is 0 Å². The molecule has 6 rings (SSSR count). The Balaban J connectivity index is 1.17. The van der Waals surface area contributed by atoms with Gasteiger partial charge in [0.15, 0.2) is 32.3 Å². The maximum absolute atomic E-state index is 12.7. The number of allylic oxidation sites excluding steroid dienone is 4. The highest BCUT2D eigenvalue weighted by atomic mass is 32.2. The van der Waals surface area contributed by atoms with Gasteiger partial charge in [-0.3, -0.25) is 9.20 Å². The first-order valence-electron chi connectivity index (χ1n) is 12.5. The minimum absolute atomic E-state index is 0.0396. The molecule has 0 saturated carbocycles. The predicted octanol–water partition coefficient (Wildman–Crippen LogP) is 3.78. The molecule has 2 N–H and O–H groups in total. The van der Waals surface area contributed by atoms with E-state index in [0.717, 1.165) is 22.0 Å². The molecule has 40 heavy (non-hydrogen) atoms. The number of carbonyl (C=O) groups excluding carboxylic acids is 1. The second-order valence-electron chi connectivity index (χ2n) is 9.14. The quantitative estimate of drug-likeness (QED) is 0.263. The van der Waals surface area contributed by atoms with E-state index in [-0.39, 0.29) is 23.1 Å². The van der Waals surface area contributed by atoms with Gasteiger partial charge in [0.25, 0.3) is 5.91 Å². The second kappa shape index (κ2) is 10.9. The molecule has 1 aliphatic heterocycles. The number of amides is 1.